The maximum atomic E-state index is 13.9. The summed E-state index contributed by atoms with van der Waals surface area (Å²) in [4.78, 5) is 4.77. The van der Waals surface area contributed by atoms with E-state index < -0.39 is 0 Å². The predicted molar refractivity (Wildman–Crippen MR) is 141 cm³/mol. The van der Waals surface area contributed by atoms with Crippen molar-refractivity contribution in [2.45, 2.75) is 20.1 Å². The minimum absolute atomic E-state index is 0.140. The van der Waals surface area contributed by atoms with Crippen molar-refractivity contribution in [1.82, 2.24) is 4.98 Å². The normalized spacial score (nSPS) is 10.9. The molecule has 0 saturated carbocycles. The number of benzene rings is 4. The molecule has 1 N–H and O–H groups in total. The molecule has 0 amide bonds. The smallest absolute Gasteiger partial charge is 0.161 e. The minimum atomic E-state index is -0.281. The number of aromatic nitrogens is 1. The third-order valence-corrected chi connectivity index (χ3v) is 6.81. The van der Waals surface area contributed by atoms with Gasteiger partial charge in [0.25, 0.3) is 0 Å². The number of hydrogen-bond donors (Lipinski definition) is 1. The largest absolute Gasteiger partial charge is 0.493 e. The van der Waals surface area contributed by atoms with E-state index in [2.05, 4.69) is 54.7 Å². The Labute approximate surface area is 208 Å². The maximum Gasteiger partial charge on any atom is 0.161 e. The predicted octanol–water partition coefficient (Wildman–Crippen LogP) is 7.61. The summed E-state index contributed by atoms with van der Waals surface area (Å²) in [6, 6.07) is 27.0. The van der Waals surface area contributed by atoms with Crippen LogP contribution in [0.5, 0.6) is 11.5 Å². The zero-order chi connectivity index (χ0) is 24.2. The third-order valence-electron chi connectivity index (χ3n) is 5.74. The Bertz CT molecular complexity index is 1460. The average Bonchev–Trinajstić information content (AvgIpc) is 3.31. The molecule has 0 aliphatic carbocycles. The van der Waals surface area contributed by atoms with Crippen LogP contribution in [0.2, 0.25) is 0 Å². The molecule has 0 aliphatic rings. The first kappa shape index (κ1) is 22.9. The molecule has 35 heavy (non-hydrogen) atoms. The number of nitrogens with zero attached hydrogens (tertiary/aromatic N) is 1. The van der Waals surface area contributed by atoms with E-state index in [-0.39, 0.29) is 12.4 Å². The van der Waals surface area contributed by atoms with Crippen molar-refractivity contribution < 1.29 is 13.9 Å². The number of halogens is 1. The van der Waals surface area contributed by atoms with E-state index in [1.54, 1.807) is 36.6 Å². The molecule has 176 valence electrons. The molecule has 0 spiro atoms. The number of anilines is 1. The number of aryl methyl sites for hydroxylation is 1. The van der Waals surface area contributed by atoms with Gasteiger partial charge in [-0.3, -0.25) is 0 Å². The number of hydrogen-bond acceptors (Lipinski definition) is 5. The van der Waals surface area contributed by atoms with E-state index in [4.69, 9.17) is 14.5 Å². The van der Waals surface area contributed by atoms with Crippen LogP contribution in [0.4, 0.5) is 10.1 Å². The highest BCUT2D eigenvalue weighted by Gasteiger charge is 2.09. The second-order valence-corrected chi connectivity index (χ2v) is 9.32. The van der Waals surface area contributed by atoms with Crippen molar-refractivity contribution in [3.05, 3.63) is 107 Å². The first-order valence-corrected chi connectivity index (χ1v) is 12.2. The van der Waals surface area contributed by atoms with Gasteiger partial charge in [-0.2, -0.15) is 0 Å². The maximum absolute atomic E-state index is 13.9. The van der Waals surface area contributed by atoms with Gasteiger partial charge in [0.05, 0.1) is 17.3 Å². The van der Waals surface area contributed by atoms with Crippen LogP contribution in [0.3, 0.4) is 0 Å². The summed E-state index contributed by atoms with van der Waals surface area (Å²) in [7, 11) is 1.60. The summed E-state index contributed by atoms with van der Waals surface area (Å²) < 4.78 is 26.4. The van der Waals surface area contributed by atoms with E-state index in [0.717, 1.165) is 27.3 Å². The van der Waals surface area contributed by atoms with Crippen LogP contribution in [0.25, 0.3) is 20.8 Å². The van der Waals surface area contributed by atoms with Crippen molar-refractivity contribution in [1.29, 1.82) is 0 Å². The van der Waals surface area contributed by atoms with E-state index in [0.29, 0.717) is 23.6 Å². The van der Waals surface area contributed by atoms with Gasteiger partial charge in [0.1, 0.15) is 17.4 Å². The summed E-state index contributed by atoms with van der Waals surface area (Å²) in [5.41, 5.74) is 5.95. The standard InChI is InChI=1S/C29H25FN2O2S/c1-19-7-13-25-28(15-19)35-29(32-25)21-9-11-23(12-10-21)31-17-20-8-14-26(27(16-20)33-2)34-18-22-5-3-4-6-24(22)30/h3-16,31H,17-18H2,1-2H3. The first-order valence-electron chi connectivity index (χ1n) is 11.3. The monoisotopic (exact) mass is 484 g/mol. The molecule has 6 heteroatoms. The molecule has 0 saturated heterocycles. The van der Waals surface area contributed by atoms with Crippen LogP contribution in [0.15, 0.2) is 84.9 Å². The molecule has 0 atom stereocenters. The Kier molecular flexibility index (Phi) is 6.64. The van der Waals surface area contributed by atoms with E-state index in [1.165, 1.54) is 16.3 Å². The lowest BCUT2D eigenvalue weighted by atomic mass is 10.1. The molecule has 1 heterocycles. The fourth-order valence-corrected chi connectivity index (χ4v) is 4.87. The van der Waals surface area contributed by atoms with Crippen LogP contribution in [-0.2, 0) is 13.2 Å². The quantitative estimate of drug-likeness (QED) is 0.246. The lowest BCUT2D eigenvalue weighted by Crippen LogP contribution is -2.02. The number of methoxy groups -OCH3 is 1. The highest BCUT2D eigenvalue weighted by molar-refractivity contribution is 7.21. The summed E-state index contributed by atoms with van der Waals surface area (Å²) in [6.07, 6.45) is 0. The summed E-state index contributed by atoms with van der Waals surface area (Å²) in [5, 5.41) is 4.47. The molecule has 0 unspecified atom stereocenters. The SMILES string of the molecule is COc1cc(CNc2ccc(-c3nc4ccc(C)cc4s3)cc2)ccc1OCc1ccccc1F. The van der Waals surface area contributed by atoms with Gasteiger partial charge in [0.2, 0.25) is 0 Å². The summed E-state index contributed by atoms with van der Waals surface area (Å²) in [5.74, 6) is 0.911. The van der Waals surface area contributed by atoms with Gasteiger partial charge in [-0.05, 0) is 72.6 Å². The van der Waals surface area contributed by atoms with Crippen LogP contribution in [0, 0.1) is 12.7 Å². The Morgan fingerprint density at radius 1 is 0.914 bits per heavy atom. The second-order valence-electron chi connectivity index (χ2n) is 8.29. The number of fused-ring (bicyclic) bond motifs is 1. The second kappa shape index (κ2) is 10.2. The fourth-order valence-electron chi connectivity index (χ4n) is 3.80. The highest BCUT2D eigenvalue weighted by Crippen LogP contribution is 2.32. The van der Waals surface area contributed by atoms with Crippen LogP contribution in [0.1, 0.15) is 16.7 Å². The van der Waals surface area contributed by atoms with Crippen molar-refractivity contribution in [2.75, 3.05) is 12.4 Å². The van der Waals surface area contributed by atoms with E-state index in [1.807, 2.05) is 18.2 Å². The van der Waals surface area contributed by atoms with Gasteiger partial charge < -0.3 is 14.8 Å². The van der Waals surface area contributed by atoms with Gasteiger partial charge in [-0.15, -0.1) is 11.3 Å². The minimum Gasteiger partial charge on any atom is -0.493 e. The number of ether oxygens (including phenoxy) is 2. The van der Waals surface area contributed by atoms with Gasteiger partial charge in [-0.1, -0.05) is 30.3 Å². The Morgan fingerprint density at radius 2 is 1.74 bits per heavy atom. The van der Waals surface area contributed by atoms with Crippen LogP contribution < -0.4 is 14.8 Å². The van der Waals surface area contributed by atoms with Crippen LogP contribution in [-0.4, -0.2) is 12.1 Å². The van der Waals surface area contributed by atoms with Gasteiger partial charge in [-0.25, -0.2) is 9.37 Å². The zero-order valence-electron chi connectivity index (χ0n) is 19.5. The Morgan fingerprint density at radius 3 is 2.54 bits per heavy atom. The van der Waals surface area contributed by atoms with Gasteiger partial charge in [0.15, 0.2) is 11.5 Å². The molecule has 0 fully saturated rings. The summed E-state index contributed by atoms with van der Waals surface area (Å²) >= 11 is 1.71. The number of thiazole rings is 1. The molecule has 4 nitrogen and oxygen atoms in total. The average molecular weight is 485 g/mol. The Hall–Kier alpha value is -3.90. The first-order chi connectivity index (χ1) is 17.1. The van der Waals surface area contributed by atoms with E-state index in [9.17, 15) is 4.39 Å². The van der Waals surface area contributed by atoms with Gasteiger partial charge >= 0.3 is 0 Å². The highest BCUT2D eigenvalue weighted by atomic mass is 32.1. The molecule has 4 aromatic carbocycles. The fraction of sp³-hybridized carbons (Fsp3) is 0.138. The zero-order valence-corrected chi connectivity index (χ0v) is 20.4. The molecule has 5 aromatic rings. The lowest BCUT2D eigenvalue weighted by molar-refractivity contribution is 0.279. The molecular formula is C29H25FN2O2S. The molecule has 0 aliphatic heterocycles. The van der Waals surface area contributed by atoms with Gasteiger partial charge in [0, 0.05) is 23.4 Å². The van der Waals surface area contributed by atoms with E-state index >= 15 is 0 Å². The topological polar surface area (TPSA) is 43.4 Å². The molecule has 0 bridgehead atoms. The van der Waals surface area contributed by atoms with Crippen molar-refractivity contribution >= 4 is 27.2 Å². The molecule has 5 rings (SSSR count). The molecule has 0 radical (unpaired) electrons. The number of rotatable bonds is 8. The van der Waals surface area contributed by atoms with Crippen molar-refractivity contribution in [2.24, 2.45) is 0 Å². The third kappa shape index (κ3) is 5.28. The number of nitrogens with one attached hydrogen (secondary N) is 1. The molecular weight excluding hydrogens is 459 g/mol. The van der Waals surface area contributed by atoms with Crippen molar-refractivity contribution in [3.63, 3.8) is 0 Å². The Balaban J connectivity index is 1.23. The van der Waals surface area contributed by atoms with Crippen molar-refractivity contribution in [3.8, 4) is 22.1 Å². The lowest BCUT2D eigenvalue weighted by Gasteiger charge is -2.13. The van der Waals surface area contributed by atoms with Crippen LogP contribution >= 0.6 is 11.3 Å². The summed E-state index contributed by atoms with van der Waals surface area (Å²) in [6.45, 7) is 2.87. The molecule has 1 aromatic heterocycles.